The molecule has 5 nitrogen and oxygen atoms in total. The van der Waals surface area contributed by atoms with Gasteiger partial charge in [-0.3, -0.25) is 14.9 Å². The van der Waals surface area contributed by atoms with Crippen molar-refractivity contribution in [1.82, 2.24) is 4.98 Å². The van der Waals surface area contributed by atoms with Crippen LogP contribution >= 0.6 is 0 Å². The molecule has 0 spiro atoms. The maximum absolute atomic E-state index is 12.3. The number of rotatable bonds is 2. The van der Waals surface area contributed by atoms with Gasteiger partial charge in [-0.25, -0.2) is 4.98 Å². The van der Waals surface area contributed by atoms with E-state index in [1.165, 1.54) is 0 Å². The van der Waals surface area contributed by atoms with Gasteiger partial charge in [0.1, 0.15) is 11.9 Å². The summed E-state index contributed by atoms with van der Waals surface area (Å²) in [5, 5.41) is 10.2. The number of nitrogens with zero attached hydrogens (tertiary/aromatic N) is 2. The molecule has 0 aliphatic rings. The number of alkyl halides is 3. The molecule has 0 bridgehead atoms. The Morgan fingerprint density at radius 3 is 2.47 bits per heavy atom. The zero-order valence-electron chi connectivity index (χ0n) is 6.99. The lowest BCUT2D eigenvalue weighted by Gasteiger charge is -2.07. The molecule has 80 valence electrons. The van der Waals surface area contributed by atoms with Crippen molar-refractivity contribution in [2.45, 2.75) is 6.18 Å². The lowest BCUT2D eigenvalue weighted by Crippen LogP contribution is -2.11. The molecule has 0 saturated heterocycles. The molecule has 1 aromatic rings. The Kier molecular flexibility index (Phi) is 2.69. The van der Waals surface area contributed by atoms with Crippen LogP contribution in [-0.4, -0.2) is 16.2 Å². The molecule has 0 fully saturated rings. The van der Waals surface area contributed by atoms with E-state index in [9.17, 15) is 28.1 Å². The zero-order chi connectivity index (χ0) is 11.6. The molecule has 1 aromatic heterocycles. The molecule has 0 amide bonds. The van der Waals surface area contributed by atoms with Gasteiger partial charge in [0.25, 0.3) is 5.69 Å². The Balaban J connectivity index is 3.38. The Labute approximate surface area is 80.7 Å². The van der Waals surface area contributed by atoms with Gasteiger partial charge in [0.2, 0.25) is 0 Å². The van der Waals surface area contributed by atoms with Crippen LogP contribution in [0.1, 0.15) is 16.1 Å². The molecule has 8 heteroatoms. The maximum Gasteiger partial charge on any atom is 0.418 e. The van der Waals surface area contributed by atoms with Crippen molar-refractivity contribution in [3.05, 3.63) is 33.6 Å². The van der Waals surface area contributed by atoms with Crippen LogP contribution in [0.3, 0.4) is 0 Å². The third-order valence-electron chi connectivity index (χ3n) is 1.53. The van der Waals surface area contributed by atoms with Gasteiger partial charge in [0.05, 0.1) is 10.5 Å². The molecule has 0 aliphatic heterocycles. The van der Waals surface area contributed by atoms with Crippen LogP contribution in [0, 0.1) is 10.1 Å². The van der Waals surface area contributed by atoms with Crippen molar-refractivity contribution < 1.29 is 22.9 Å². The lowest BCUT2D eigenvalue weighted by molar-refractivity contribution is -0.385. The van der Waals surface area contributed by atoms with Crippen molar-refractivity contribution >= 4 is 12.0 Å². The van der Waals surface area contributed by atoms with Gasteiger partial charge < -0.3 is 0 Å². The average Bonchev–Trinajstić information content (AvgIpc) is 2.15. The quantitative estimate of drug-likeness (QED) is 0.433. The third-order valence-corrected chi connectivity index (χ3v) is 1.53. The van der Waals surface area contributed by atoms with E-state index in [2.05, 4.69) is 4.98 Å². The van der Waals surface area contributed by atoms with Crippen molar-refractivity contribution in [3.8, 4) is 0 Å². The first-order valence-corrected chi connectivity index (χ1v) is 3.53. The highest BCUT2D eigenvalue weighted by Gasteiger charge is 2.35. The molecule has 1 heterocycles. The molecule has 1 rings (SSSR count). The minimum absolute atomic E-state index is 0.105. The molecule has 0 aromatic carbocycles. The lowest BCUT2D eigenvalue weighted by atomic mass is 10.2. The highest BCUT2D eigenvalue weighted by atomic mass is 19.4. The summed E-state index contributed by atoms with van der Waals surface area (Å²) >= 11 is 0. The number of aldehydes is 1. The minimum atomic E-state index is -4.84. The summed E-state index contributed by atoms with van der Waals surface area (Å²) in [6.45, 7) is 0. The van der Waals surface area contributed by atoms with E-state index in [-0.39, 0.29) is 12.4 Å². The normalized spacial score (nSPS) is 11.1. The van der Waals surface area contributed by atoms with E-state index >= 15 is 0 Å². The Morgan fingerprint density at radius 1 is 1.47 bits per heavy atom. The highest BCUT2D eigenvalue weighted by molar-refractivity contribution is 5.75. The molecule has 0 N–H and O–H groups in total. The van der Waals surface area contributed by atoms with Gasteiger partial charge in [-0.05, 0) is 0 Å². The molecule has 0 saturated carbocycles. The monoisotopic (exact) mass is 220 g/mol. The van der Waals surface area contributed by atoms with Gasteiger partial charge in [0.15, 0.2) is 6.29 Å². The molecule has 0 radical (unpaired) electrons. The topological polar surface area (TPSA) is 73.1 Å². The van der Waals surface area contributed by atoms with Crippen LogP contribution in [0.4, 0.5) is 18.9 Å². The average molecular weight is 220 g/mol. The summed E-state index contributed by atoms with van der Waals surface area (Å²) < 4.78 is 36.8. The van der Waals surface area contributed by atoms with E-state index in [1.807, 2.05) is 0 Å². The number of hydrogen-bond acceptors (Lipinski definition) is 4. The minimum Gasteiger partial charge on any atom is -0.296 e. The van der Waals surface area contributed by atoms with Gasteiger partial charge >= 0.3 is 6.18 Å². The number of carbonyl (C=O) groups is 1. The van der Waals surface area contributed by atoms with Crippen LogP contribution in [-0.2, 0) is 6.18 Å². The van der Waals surface area contributed by atoms with E-state index in [1.54, 1.807) is 0 Å². The van der Waals surface area contributed by atoms with E-state index in [0.29, 0.717) is 6.20 Å². The van der Waals surface area contributed by atoms with Gasteiger partial charge in [-0.15, -0.1) is 0 Å². The first-order chi connectivity index (χ1) is 6.86. The van der Waals surface area contributed by atoms with Crippen LogP contribution in [0.25, 0.3) is 0 Å². The predicted octanol–water partition coefficient (Wildman–Crippen LogP) is 1.82. The van der Waals surface area contributed by atoms with Gasteiger partial charge in [-0.2, -0.15) is 13.2 Å². The second-order valence-electron chi connectivity index (χ2n) is 2.50. The Morgan fingerprint density at radius 2 is 2.07 bits per heavy atom. The Hall–Kier alpha value is -1.99. The summed E-state index contributed by atoms with van der Waals surface area (Å²) in [7, 11) is 0. The molecule has 15 heavy (non-hydrogen) atoms. The van der Waals surface area contributed by atoms with Crippen molar-refractivity contribution in [2.75, 3.05) is 0 Å². The van der Waals surface area contributed by atoms with Crippen molar-refractivity contribution in [3.63, 3.8) is 0 Å². The van der Waals surface area contributed by atoms with Crippen molar-refractivity contribution in [2.24, 2.45) is 0 Å². The predicted molar refractivity (Wildman–Crippen MR) is 41.3 cm³/mol. The summed E-state index contributed by atoms with van der Waals surface area (Å²) in [5.74, 6) is 0. The second-order valence-corrected chi connectivity index (χ2v) is 2.50. The molecular formula is C7H3F3N2O3. The smallest absolute Gasteiger partial charge is 0.296 e. The summed E-state index contributed by atoms with van der Waals surface area (Å²) in [5.41, 5.74) is -3.09. The summed E-state index contributed by atoms with van der Waals surface area (Å²) in [4.78, 5) is 22.5. The van der Waals surface area contributed by atoms with E-state index in [4.69, 9.17) is 0 Å². The fourth-order valence-electron chi connectivity index (χ4n) is 0.885. The first kappa shape index (κ1) is 11.1. The third kappa shape index (κ3) is 2.27. The fourth-order valence-corrected chi connectivity index (χ4v) is 0.885. The maximum atomic E-state index is 12.3. The largest absolute Gasteiger partial charge is 0.418 e. The van der Waals surface area contributed by atoms with Crippen LogP contribution in [0.5, 0.6) is 0 Å². The van der Waals surface area contributed by atoms with Gasteiger partial charge in [-0.1, -0.05) is 0 Å². The Bertz CT molecular complexity index is 416. The molecule has 0 unspecified atom stereocenters. The second kappa shape index (κ2) is 3.64. The standard InChI is InChI=1S/C7H3F3N2O3/c8-7(9,10)5-1-4(12(14)15)2-11-6(5)3-13/h1-3H. The van der Waals surface area contributed by atoms with Crippen molar-refractivity contribution in [1.29, 1.82) is 0 Å². The number of nitro groups is 1. The number of carbonyl (C=O) groups excluding carboxylic acids is 1. The highest BCUT2D eigenvalue weighted by Crippen LogP contribution is 2.32. The first-order valence-electron chi connectivity index (χ1n) is 3.53. The van der Waals surface area contributed by atoms with Crippen LogP contribution in [0.15, 0.2) is 12.3 Å². The van der Waals surface area contributed by atoms with Crippen LogP contribution in [0.2, 0.25) is 0 Å². The number of hydrogen-bond donors (Lipinski definition) is 0. The zero-order valence-corrected chi connectivity index (χ0v) is 6.99. The molecule has 0 atom stereocenters. The number of aromatic nitrogens is 1. The summed E-state index contributed by atoms with van der Waals surface area (Å²) in [6, 6.07) is 0.275. The van der Waals surface area contributed by atoms with E-state index in [0.717, 1.165) is 0 Å². The fraction of sp³-hybridized carbons (Fsp3) is 0.143. The summed E-state index contributed by atoms with van der Waals surface area (Å²) in [6.07, 6.45) is -4.35. The number of halogens is 3. The molecule has 0 aliphatic carbocycles. The van der Waals surface area contributed by atoms with Gasteiger partial charge in [0, 0.05) is 6.07 Å². The SMILES string of the molecule is O=Cc1ncc([N+](=O)[O-])cc1C(F)(F)F. The molecular weight excluding hydrogens is 217 g/mol. The number of pyridine rings is 1. The van der Waals surface area contributed by atoms with Crippen LogP contribution < -0.4 is 0 Å². The van der Waals surface area contributed by atoms with E-state index < -0.39 is 28.0 Å².